The van der Waals surface area contributed by atoms with E-state index in [4.69, 9.17) is 14.1 Å². The Hall–Kier alpha value is -2.60. The Bertz CT molecular complexity index is 907. The number of likely N-dealkylation sites (tertiary alicyclic amines) is 1. The van der Waals surface area contributed by atoms with Crippen molar-refractivity contribution < 1.29 is 9.15 Å². The monoisotopic (exact) mass is 366 g/mol. The Balaban J connectivity index is 1.42. The number of ether oxygens (including phenoxy) is 1. The van der Waals surface area contributed by atoms with Crippen LogP contribution in [0.25, 0.3) is 11.5 Å². The zero-order chi connectivity index (χ0) is 18.8. The van der Waals surface area contributed by atoms with E-state index < -0.39 is 0 Å². The largest absolute Gasteiger partial charge is 0.497 e. The summed E-state index contributed by atoms with van der Waals surface area (Å²) in [5.74, 6) is 4.10. The molecule has 1 fully saturated rings. The van der Waals surface area contributed by atoms with Crippen LogP contribution >= 0.6 is 0 Å². The molecule has 0 atom stereocenters. The number of imidazole rings is 1. The minimum absolute atomic E-state index is 0.548. The molecule has 0 saturated carbocycles. The average molecular weight is 366 g/mol. The average Bonchev–Trinajstić information content (AvgIpc) is 3.28. The van der Waals surface area contributed by atoms with Crippen molar-refractivity contribution in [3.63, 3.8) is 0 Å². The molecule has 1 aliphatic rings. The molecule has 3 aromatic rings. The number of benzene rings is 1. The lowest BCUT2D eigenvalue weighted by Gasteiger charge is -2.31. The fraction of sp³-hybridized carbons (Fsp3) is 0.429. The van der Waals surface area contributed by atoms with Crippen LogP contribution in [-0.4, -0.2) is 39.6 Å². The molecule has 0 N–H and O–H groups in total. The van der Waals surface area contributed by atoms with Crippen LogP contribution in [-0.2, 0) is 13.6 Å². The van der Waals surface area contributed by atoms with Gasteiger partial charge in [-0.15, -0.1) is 0 Å². The summed E-state index contributed by atoms with van der Waals surface area (Å²) >= 11 is 0. The fourth-order valence-electron chi connectivity index (χ4n) is 3.79. The number of aryl methyl sites for hydroxylation is 2. The minimum atomic E-state index is 0.548. The lowest BCUT2D eigenvalue weighted by Crippen LogP contribution is -2.33. The maximum absolute atomic E-state index is 5.93. The molecular weight excluding hydrogens is 340 g/mol. The molecule has 0 unspecified atom stereocenters. The van der Waals surface area contributed by atoms with E-state index in [9.17, 15) is 0 Å². The zero-order valence-corrected chi connectivity index (χ0v) is 16.2. The van der Waals surface area contributed by atoms with Gasteiger partial charge in [-0.25, -0.2) is 9.97 Å². The van der Waals surface area contributed by atoms with Crippen LogP contribution in [0.2, 0.25) is 0 Å². The van der Waals surface area contributed by atoms with E-state index in [-0.39, 0.29) is 0 Å². The maximum atomic E-state index is 5.93. The molecule has 3 heterocycles. The summed E-state index contributed by atoms with van der Waals surface area (Å²) in [7, 11) is 3.74. The van der Waals surface area contributed by atoms with Crippen molar-refractivity contribution >= 4 is 0 Å². The number of nitrogens with zero attached hydrogens (tertiary/aromatic N) is 4. The van der Waals surface area contributed by atoms with Gasteiger partial charge in [0.05, 0.1) is 12.8 Å². The second-order valence-electron chi connectivity index (χ2n) is 7.20. The summed E-state index contributed by atoms with van der Waals surface area (Å²) in [5.41, 5.74) is 1.96. The Kier molecular flexibility index (Phi) is 4.99. The summed E-state index contributed by atoms with van der Waals surface area (Å²) in [4.78, 5) is 11.7. The van der Waals surface area contributed by atoms with Gasteiger partial charge in [0, 0.05) is 37.5 Å². The van der Waals surface area contributed by atoms with Gasteiger partial charge >= 0.3 is 0 Å². The zero-order valence-electron chi connectivity index (χ0n) is 16.2. The van der Waals surface area contributed by atoms with Gasteiger partial charge in [0.25, 0.3) is 0 Å². The van der Waals surface area contributed by atoms with E-state index in [0.717, 1.165) is 55.2 Å². The van der Waals surface area contributed by atoms with Crippen LogP contribution in [0.3, 0.4) is 0 Å². The van der Waals surface area contributed by atoms with Gasteiger partial charge in [-0.1, -0.05) is 6.07 Å². The van der Waals surface area contributed by atoms with Crippen LogP contribution in [0.15, 0.2) is 41.1 Å². The third kappa shape index (κ3) is 3.76. The van der Waals surface area contributed by atoms with Crippen molar-refractivity contribution in [2.24, 2.45) is 7.05 Å². The van der Waals surface area contributed by atoms with Crippen molar-refractivity contribution in [2.45, 2.75) is 32.2 Å². The minimum Gasteiger partial charge on any atom is -0.497 e. The van der Waals surface area contributed by atoms with E-state index >= 15 is 0 Å². The van der Waals surface area contributed by atoms with E-state index in [0.29, 0.717) is 11.8 Å². The fourth-order valence-corrected chi connectivity index (χ4v) is 3.79. The molecule has 0 amide bonds. The van der Waals surface area contributed by atoms with E-state index in [1.54, 1.807) is 7.11 Å². The number of hydrogen-bond acceptors (Lipinski definition) is 5. The Morgan fingerprint density at radius 1 is 1.26 bits per heavy atom. The smallest absolute Gasteiger partial charge is 0.226 e. The van der Waals surface area contributed by atoms with Crippen LogP contribution in [0, 0.1) is 6.92 Å². The molecule has 1 aromatic carbocycles. The lowest BCUT2D eigenvalue weighted by atomic mass is 9.96. The SMILES string of the molecule is COc1cccc(-c2nc(CN3CCC(c4nccn4C)CC3)c(C)o2)c1. The number of rotatable bonds is 5. The van der Waals surface area contributed by atoms with Crippen molar-refractivity contribution in [2.75, 3.05) is 20.2 Å². The highest BCUT2D eigenvalue weighted by Gasteiger charge is 2.24. The first-order chi connectivity index (χ1) is 13.1. The summed E-state index contributed by atoms with van der Waals surface area (Å²) < 4.78 is 13.4. The molecule has 0 bridgehead atoms. The quantitative estimate of drug-likeness (QED) is 0.688. The molecule has 0 aliphatic carbocycles. The van der Waals surface area contributed by atoms with Gasteiger partial charge < -0.3 is 13.7 Å². The van der Waals surface area contributed by atoms with Crippen LogP contribution in [0.1, 0.15) is 36.0 Å². The molecule has 2 aromatic heterocycles. The van der Waals surface area contributed by atoms with Gasteiger partial charge in [-0.3, -0.25) is 4.90 Å². The molecule has 6 nitrogen and oxygen atoms in total. The van der Waals surface area contributed by atoms with Crippen LogP contribution in [0.5, 0.6) is 5.75 Å². The standard InChI is InChI=1S/C21H26N4O2/c1-15-19(23-21(27-15)17-5-4-6-18(13-17)26-3)14-25-10-7-16(8-11-25)20-22-9-12-24(20)2/h4-6,9,12-13,16H,7-8,10-11,14H2,1-3H3. The molecule has 1 saturated heterocycles. The van der Waals surface area contributed by atoms with E-state index in [1.165, 1.54) is 5.82 Å². The molecule has 1 aliphatic heterocycles. The van der Waals surface area contributed by atoms with Gasteiger partial charge in [0.15, 0.2) is 0 Å². The van der Waals surface area contributed by atoms with Crippen molar-refractivity contribution in [1.29, 1.82) is 0 Å². The first kappa shape index (κ1) is 17.8. The van der Waals surface area contributed by atoms with Gasteiger partial charge in [0.2, 0.25) is 5.89 Å². The third-order valence-corrected chi connectivity index (χ3v) is 5.39. The number of piperidine rings is 1. The number of aromatic nitrogens is 3. The molecule has 4 rings (SSSR count). The molecule has 27 heavy (non-hydrogen) atoms. The summed E-state index contributed by atoms with van der Waals surface area (Å²) in [6, 6.07) is 7.82. The normalized spacial score (nSPS) is 16.0. The molecule has 0 spiro atoms. The summed E-state index contributed by atoms with van der Waals surface area (Å²) in [6.45, 7) is 4.93. The highest BCUT2D eigenvalue weighted by Crippen LogP contribution is 2.29. The van der Waals surface area contributed by atoms with Gasteiger partial charge in [-0.2, -0.15) is 0 Å². The molecule has 0 radical (unpaired) electrons. The number of hydrogen-bond donors (Lipinski definition) is 0. The number of oxazole rings is 1. The summed E-state index contributed by atoms with van der Waals surface area (Å²) in [5, 5.41) is 0. The first-order valence-corrected chi connectivity index (χ1v) is 9.44. The number of methoxy groups -OCH3 is 1. The predicted octanol–water partition coefficient (Wildman–Crippen LogP) is 3.77. The second-order valence-corrected chi connectivity index (χ2v) is 7.20. The third-order valence-electron chi connectivity index (χ3n) is 5.39. The molecule has 142 valence electrons. The predicted molar refractivity (Wildman–Crippen MR) is 104 cm³/mol. The molecule has 6 heteroatoms. The molecular formula is C21H26N4O2. The second kappa shape index (κ2) is 7.56. The van der Waals surface area contributed by atoms with E-state index in [2.05, 4.69) is 21.5 Å². The topological polar surface area (TPSA) is 56.3 Å². The van der Waals surface area contributed by atoms with Crippen molar-refractivity contribution in [1.82, 2.24) is 19.4 Å². The van der Waals surface area contributed by atoms with Crippen LogP contribution in [0.4, 0.5) is 0 Å². The van der Waals surface area contributed by atoms with Crippen molar-refractivity contribution in [3.8, 4) is 17.2 Å². The van der Waals surface area contributed by atoms with Gasteiger partial charge in [-0.05, 0) is 51.1 Å². The van der Waals surface area contributed by atoms with Crippen LogP contribution < -0.4 is 4.74 Å². The van der Waals surface area contributed by atoms with Crippen molar-refractivity contribution in [3.05, 3.63) is 53.9 Å². The summed E-state index contributed by atoms with van der Waals surface area (Å²) in [6.07, 6.45) is 6.18. The maximum Gasteiger partial charge on any atom is 0.226 e. The highest BCUT2D eigenvalue weighted by molar-refractivity contribution is 5.56. The lowest BCUT2D eigenvalue weighted by molar-refractivity contribution is 0.198. The Labute approximate surface area is 159 Å². The van der Waals surface area contributed by atoms with E-state index in [1.807, 2.05) is 43.6 Å². The first-order valence-electron chi connectivity index (χ1n) is 9.44. The Morgan fingerprint density at radius 2 is 2.07 bits per heavy atom. The Morgan fingerprint density at radius 3 is 2.78 bits per heavy atom. The van der Waals surface area contributed by atoms with Gasteiger partial charge in [0.1, 0.15) is 17.3 Å². The highest BCUT2D eigenvalue weighted by atomic mass is 16.5.